The zero-order chi connectivity index (χ0) is 17.8. The third-order valence-electron chi connectivity index (χ3n) is 4.85. The van der Waals surface area contributed by atoms with Gasteiger partial charge in [-0.2, -0.15) is 20.5 Å². The predicted molar refractivity (Wildman–Crippen MR) is 97.3 cm³/mol. The molecule has 1 aliphatic rings. The van der Waals surface area contributed by atoms with E-state index in [0.29, 0.717) is 24.0 Å². The Hall–Kier alpha value is -2.96. The highest BCUT2D eigenvalue weighted by molar-refractivity contribution is 5.97. The summed E-state index contributed by atoms with van der Waals surface area (Å²) in [5.74, 6) is -0.259. The van der Waals surface area contributed by atoms with Crippen LogP contribution in [0.2, 0.25) is 0 Å². The van der Waals surface area contributed by atoms with E-state index in [9.17, 15) is 4.79 Å². The molecule has 7 heteroatoms. The first kappa shape index (κ1) is 16.5. The fourth-order valence-electron chi connectivity index (χ4n) is 3.46. The van der Waals surface area contributed by atoms with E-state index in [1.165, 1.54) is 32.1 Å². The molecule has 3 aromatic rings. The maximum atomic E-state index is 12.5. The standard InChI is InChI=1S/C19H22N6O/c26-19(18-17(21-24-22-18)14-7-3-1-4-8-14)20-13-15-11-12-25(23-15)16-9-5-2-6-10-16/h1,3-4,7-8,11-12,16H,2,5-6,9-10,13H2,(H,20,26)(H,21,22,24). The number of amides is 1. The second-order valence-corrected chi connectivity index (χ2v) is 6.65. The van der Waals surface area contributed by atoms with E-state index in [4.69, 9.17) is 0 Å². The molecule has 0 saturated heterocycles. The molecule has 2 heterocycles. The zero-order valence-corrected chi connectivity index (χ0v) is 14.6. The molecule has 2 N–H and O–H groups in total. The Balaban J connectivity index is 1.41. The largest absolute Gasteiger partial charge is 0.345 e. The maximum absolute atomic E-state index is 12.5. The summed E-state index contributed by atoms with van der Waals surface area (Å²) in [6.07, 6.45) is 8.25. The highest BCUT2D eigenvalue weighted by Gasteiger charge is 2.19. The van der Waals surface area contributed by atoms with E-state index in [-0.39, 0.29) is 5.91 Å². The molecule has 4 rings (SSSR count). The van der Waals surface area contributed by atoms with Crippen molar-refractivity contribution in [2.45, 2.75) is 44.7 Å². The molecule has 1 amide bonds. The molecule has 0 unspecified atom stereocenters. The fourth-order valence-corrected chi connectivity index (χ4v) is 3.46. The highest BCUT2D eigenvalue weighted by atomic mass is 16.2. The van der Waals surface area contributed by atoms with Crippen LogP contribution in [-0.2, 0) is 6.54 Å². The van der Waals surface area contributed by atoms with Gasteiger partial charge in [0.05, 0.1) is 18.3 Å². The number of benzene rings is 1. The van der Waals surface area contributed by atoms with Crippen LogP contribution < -0.4 is 5.32 Å². The molecular weight excluding hydrogens is 328 g/mol. The van der Waals surface area contributed by atoms with Gasteiger partial charge in [-0.05, 0) is 18.9 Å². The van der Waals surface area contributed by atoms with Crippen molar-refractivity contribution in [1.29, 1.82) is 0 Å². The van der Waals surface area contributed by atoms with Crippen LogP contribution in [-0.4, -0.2) is 31.1 Å². The molecule has 1 aromatic carbocycles. The quantitative estimate of drug-likeness (QED) is 0.740. The van der Waals surface area contributed by atoms with Crippen molar-refractivity contribution in [3.8, 4) is 11.3 Å². The van der Waals surface area contributed by atoms with Crippen molar-refractivity contribution < 1.29 is 4.79 Å². The molecule has 0 spiro atoms. The average Bonchev–Trinajstić information content (AvgIpc) is 3.37. The summed E-state index contributed by atoms with van der Waals surface area (Å²) in [6.45, 7) is 0.375. The molecule has 1 fully saturated rings. The van der Waals surface area contributed by atoms with Gasteiger partial charge in [-0.1, -0.05) is 49.6 Å². The molecule has 1 saturated carbocycles. The van der Waals surface area contributed by atoms with Crippen molar-refractivity contribution in [3.63, 3.8) is 0 Å². The Morgan fingerprint density at radius 1 is 1.12 bits per heavy atom. The molecule has 134 valence electrons. The average molecular weight is 350 g/mol. The molecule has 0 atom stereocenters. The monoisotopic (exact) mass is 350 g/mol. The lowest BCUT2D eigenvalue weighted by Crippen LogP contribution is -2.24. The Bertz CT molecular complexity index is 863. The molecular formula is C19H22N6O. The predicted octanol–water partition coefficient (Wildman–Crippen LogP) is 3.10. The van der Waals surface area contributed by atoms with Crippen molar-refractivity contribution in [1.82, 2.24) is 30.5 Å². The van der Waals surface area contributed by atoms with E-state index in [1.54, 1.807) is 0 Å². The van der Waals surface area contributed by atoms with Crippen LogP contribution in [0.3, 0.4) is 0 Å². The molecule has 0 aliphatic heterocycles. The van der Waals surface area contributed by atoms with Gasteiger partial charge in [-0.25, -0.2) is 0 Å². The Morgan fingerprint density at radius 2 is 1.92 bits per heavy atom. The number of carbonyl (C=O) groups is 1. The minimum absolute atomic E-state index is 0.259. The van der Waals surface area contributed by atoms with Crippen LogP contribution >= 0.6 is 0 Å². The summed E-state index contributed by atoms with van der Waals surface area (Å²) in [6, 6.07) is 12.0. The molecule has 2 aromatic heterocycles. The highest BCUT2D eigenvalue weighted by Crippen LogP contribution is 2.27. The van der Waals surface area contributed by atoms with Gasteiger partial charge in [0.25, 0.3) is 5.91 Å². The number of nitrogens with one attached hydrogen (secondary N) is 2. The number of rotatable bonds is 5. The summed E-state index contributed by atoms with van der Waals surface area (Å²) >= 11 is 0. The van der Waals surface area contributed by atoms with Crippen LogP contribution in [0.4, 0.5) is 0 Å². The van der Waals surface area contributed by atoms with Crippen molar-refractivity contribution >= 4 is 5.91 Å². The van der Waals surface area contributed by atoms with Crippen LogP contribution in [0, 0.1) is 0 Å². The molecule has 0 bridgehead atoms. The number of aromatic amines is 1. The number of hydrogen-bond acceptors (Lipinski definition) is 4. The third-order valence-corrected chi connectivity index (χ3v) is 4.85. The third kappa shape index (κ3) is 3.51. The summed E-state index contributed by atoms with van der Waals surface area (Å²) in [5.41, 5.74) is 2.56. The number of aromatic nitrogens is 5. The number of carbonyl (C=O) groups excluding carboxylic acids is 1. The first-order valence-corrected chi connectivity index (χ1v) is 9.09. The number of nitrogens with zero attached hydrogens (tertiary/aromatic N) is 4. The first-order valence-electron chi connectivity index (χ1n) is 9.09. The Kier molecular flexibility index (Phi) is 4.77. The van der Waals surface area contributed by atoms with Gasteiger partial charge in [-0.3, -0.25) is 9.48 Å². The molecule has 1 aliphatic carbocycles. The fraction of sp³-hybridized carbons (Fsp3) is 0.368. The smallest absolute Gasteiger partial charge is 0.274 e. The van der Waals surface area contributed by atoms with Gasteiger partial charge in [-0.15, -0.1) is 0 Å². The van der Waals surface area contributed by atoms with E-state index >= 15 is 0 Å². The van der Waals surface area contributed by atoms with Gasteiger partial charge in [0.15, 0.2) is 5.69 Å². The summed E-state index contributed by atoms with van der Waals surface area (Å²) in [5, 5.41) is 18.2. The lowest BCUT2D eigenvalue weighted by atomic mass is 9.96. The zero-order valence-electron chi connectivity index (χ0n) is 14.6. The van der Waals surface area contributed by atoms with Crippen LogP contribution in [0.25, 0.3) is 11.3 Å². The van der Waals surface area contributed by atoms with E-state index in [0.717, 1.165) is 11.3 Å². The van der Waals surface area contributed by atoms with Gasteiger partial charge in [0.2, 0.25) is 0 Å². The van der Waals surface area contributed by atoms with Crippen LogP contribution in [0.5, 0.6) is 0 Å². The summed E-state index contributed by atoms with van der Waals surface area (Å²) in [7, 11) is 0. The topological polar surface area (TPSA) is 88.5 Å². The van der Waals surface area contributed by atoms with Gasteiger partial charge >= 0.3 is 0 Å². The first-order chi connectivity index (χ1) is 12.8. The summed E-state index contributed by atoms with van der Waals surface area (Å²) in [4.78, 5) is 12.5. The van der Waals surface area contributed by atoms with E-state index in [1.807, 2.05) is 47.3 Å². The lowest BCUT2D eigenvalue weighted by Gasteiger charge is -2.21. The van der Waals surface area contributed by atoms with Gasteiger partial charge in [0.1, 0.15) is 5.69 Å². The lowest BCUT2D eigenvalue weighted by molar-refractivity contribution is 0.0946. The molecule has 26 heavy (non-hydrogen) atoms. The van der Waals surface area contributed by atoms with Gasteiger partial charge < -0.3 is 5.32 Å². The second kappa shape index (κ2) is 7.51. The normalized spacial score (nSPS) is 15.1. The maximum Gasteiger partial charge on any atom is 0.274 e. The van der Waals surface area contributed by atoms with E-state index < -0.39 is 0 Å². The number of hydrogen-bond donors (Lipinski definition) is 2. The molecule has 0 radical (unpaired) electrons. The SMILES string of the molecule is O=C(NCc1ccn(C2CCCCC2)n1)c1n[nH]nc1-c1ccccc1. The van der Waals surface area contributed by atoms with Crippen molar-refractivity contribution in [2.24, 2.45) is 0 Å². The minimum atomic E-state index is -0.259. The van der Waals surface area contributed by atoms with Crippen molar-refractivity contribution in [3.05, 3.63) is 54.0 Å². The second-order valence-electron chi connectivity index (χ2n) is 6.65. The Labute approximate surface area is 151 Å². The van der Waals surface area contributed by atoms with Crippen LogP contribution in [0.15, 0.2) is 42.6 Å². The molecule has 7 nitrogen and oxygen atoms in total. The summed E-state index contributed by atoms with van der Waals surface area (Å²) < 4.78 is 2.05. The van der Waals surface area contributed by atoms with E-state index in [2.05, 4.69) is 25.8 Å². The van der Waals surface area contributed by atoms with Crippen molar-refractivity contribution in [2.75, 3.05) is 0 Å². The van der Waals surface area contributed by atoms with Crippen LogP contribution in [0.1, 0.15) is 54.3 Å². The van der Waals surface area contributed by atoms with Gasteiger partial charge in [0, 0.05) is 11.8 Å². The Morgan fingerprint density at radius 3 is 2.73 bits per heavy atom. The number of H-pyrrole nitrogens is 1. The minimum Gasteiger partial charge on any atom is -0.345 e.